The molecule has 0 bridgehead atoms. The first-order chi connectivity index (χ1) is 12.4. The molecule has 2 rings (SSSR count). The lowest BCUT2D eigenvalue weighted by Crippen LogP contribution is -2.14. The summed E-state index contributed by atoms with van der Waals surface area (Å²) in [5.74, 6) is -1.06. The number of ether oxygens (including phenoxy) is 1. The lowest BCUT2D eigenvalue weighted by molar-refractivity contribution is -0.112. The van der Waals surface area contributed by atoms with Gasteiger partial charge in [0.1, 0.15) is 11.6 Å². The minimum absolute atomic E-state index is 0.134. The molecule has 1 amide bonds. The molecule has 0 aromatic heterocycles. The number of halogens is 1. The smallest absolute Gasteiger partial charge is 0.337 e. The van der Waals surface area contributed by atoms with Gasteiger partial charge in [0.05, 0.1) is 12.7 Å². The second-order valence-electron chi connectivity index (χ2n) is 5.30. The van der Waals surface area contributed by atoms with E-state index in [2.05, 4.69) is 15.4 Å². The van der Waals surface area contributed by atoms with Crippen molar-refractivity contribution in [3.8, 4) is 6.07 Å². The molecule has 0 aliphatic heterocycles. The summed E-state index contributed by atoms with van der Waals surface area (Å²) >= 11 is 6.02. The zero-order valence-corrected chi connectivity index (χ0v) is 14.9. The fourth-order valence-electron chi connectivity index (χ4n) is 2.03. The summed E-state index contributed by atoms with van der Waals surface area (Å²) in [5.41, 5.74) is 2.12. The first-order valence-corrected chi connectivity index (χ1v) is 7.95. The van der Waals surface area contributed by atoms with Crippen LogP contribution in [0.25, 0.3) is 0 Å². The molecule has 2 aromatic rings. The fraction of sp³-hybridized carbons (Fsp3) is 0.105. The third kappa shape index (κ3) is 4.85. The van der Waals surface area contributed by atoms with Gasteiger partial charge in [-0.2, -0.15) is 5.26 Å². The minimum atomic E-state index is -0.580. The van der Waals surface area contributed by atoms with Gasteiger partial charge in [0.2, 0.25) is 0 Å². The molecule has 2 aromatic carbocycles. The van der Waals surface area contributed by atoms with Gasteiger partial charge < -0.3 is 15.4 Å². The van der Waals surface area contributed by atoms with Gasteiger partial charge in [-0.3, -0.25) is 4.79 Å². The van der Waals surface area contributed by atoms with Crippen LogP contribution >= 0.6 is 11.6 Å². The largest absolute Gasteiger partial charge is 0.465 e. The molecule has 0 aliphatic carbocycles. The Morgan fingerprint density at radius 3 is 2.62 bits per heavy atom. The summed E-state index contributed by atoms with van der Waals surface area (Å²) in [7, 11) is 1.29. The van der Waals surface area contributed by atoms with Gasteiger partial charge in [-0.15, -0.1) is 0 Å². The maximum atomic E-state index is 12.2. The molecule has 2 N–H and O–H groups in total. The number of nitriles is 1. The van der Waals surface area contributed by atoms with E-state index in [1.807, 2.05) is 13.0 Å². The highest BCUT2D eigenvalue weighted by Crippen LogP contribution is 2.20. The summed E-state index contributed by atoms with van der Waals surface area (Å²) in [6.07, 6.45) is 1.27. The second-order valence-corrected chi connectivity index (χ2v) is 5.71. The number of benzene rings is 2. The van der Waals surface area contributed by atoms with Crippen molar-refractivity contribution in [1.82, 2.24) is 0 Å². The number of aryl methyl sites for hydroxylation is 1. The number of esters is 1. The van der Waals surface area contributed by atoms with Crippen LogP contribution in [0.5, 0.6) is 0 Å². The predicted molar refractivity (Wildman–Crippen MR) is 99.9 cm³/mol. The maximum absolute atomic E-state index is 12.2. The number of carbonyl (C=O) groups excluding carboxylic acids is 2. The van der Waals surface area contributed by atoms with Gasteiger partial charge in [0, 0.05) is 22.6 Å². The van der Waals surface area contributed by atoms with Crippen molar-refractivity contribution in [2.75, 3.05) is 17.7 Å². The topological polar surface area (TPSA) is 91.2 Å². The number of carbonyl (C=O) groups is 2. The number of anilines is 2. The van der Waals surface area contributed by atoms with E-state index in [1.165, 1.54) is 13.3 Å². The number of rotatable bonds is 5. The van der Waals surface area contributed by atoms with E-state index in [0.29, 0.717) is 22.0 Å². The number of nitrogens with zero attached hydrogens (tertiary/aromatic N) is 1. The number of hydrogen-bond acceptors (Lipinski definition) is 5. The average Bonchev–Trinajstić information content (AvgIpc) is 2.64. The zero-order valence-electron chi connectivity index (χ0n) is 14.2. The fourth-order valence-corrected chi connectivity index (χ4v) is 2.21. The van der Waals surface area contributed by atoms with E-state index in [-0.39, 0.29) is 5.57 Å². The molecular weight excluding hydrogens is 354 g/mol. The summed E-state index contributed by atoms with van der Waals surface area (Å²) in [6.45, 7) is 1.85. The standard InChI is InChI=1S/C19H16ClN3O3/c1-12-6-7-16(9-17(12)20)23-18(24)14(10-21)11-22-15-5-3-4-13(8-15)19(25)26-2/h3-9,11,22H,1-2H3,(H,23,24)/b14-11-. The van der Waals surface area contributed by atoms with Crippen LogP contribution in [0.4, 0.5) is 11.4 Å². The Morgan fingerprint density at radius 1 is 1.19 bits per heavy atom. The molecule has 0 radical (unpaired) electrons. The molecule has 0 heterocycles. The molecule has 0 saturated heterocycles. The summed E-state index contributed by atoms with van der Waals surface area (Å²) in [4.78, 5) is 23.8. The molecule has 0 unspecified atom stereocenters. The highest BCUT2D eigenvalue weighted by Gasteiger charge is 2.10. The van der Waals surface area contributed by atoms with Crippen molar-refractivity contribution in [1.29, 1.82) is 5.26 Å². The van der Waals surface area contributed by atoms with Gasteiger partial charge in [-0.05, 0) is 42.8 Å². The first-order valence-electron chi connectivity index (χ1n) is 7.57. The van der Waals surface area contributed by atoms with E-state index < -0.39 is 11.9 Å². The Kier molecular flexibility index (Phi) is 6.36. The molecule has 26 heavy (non-hydrogen) atoms. The lowest BCUT2D eigenvalue weighted by atomic mass is 10.2. The van der Waals surface area contributed by atoms with Crippen molar-refractivity contribution in [3.63, 3.8) is 0 Å². The van der Waals surface area contributed by atoms with Crippen molar-refractivity contribution in [3.05, 3.63) is 70.4 Å². The molecule has 7 heteroatoms. The van der Waals surface area contributed by atoms with Crippen LogP contribution in [0.1, 0.15) is 15.9 Å². The van der Waals surface area contributed by atoms with E-state index in [9.17, 15) is 14.9 Å². The van der Waals surface area contributed by atoms with E-state index in [1.54, 1.807) is 42.5 Å². The van der Waals surface area contributed by atoms with Crippen LogP contribution in [-0.2, 0) is 9.53 Å². The summed E-state index contributed by atoms with van der Waals surface area (Å²) in [5, 5.41) is 15.2. The number of amides is 1. The quantitative estimate of drug-likeness (QED) is 0.474. The van der Waals surface area contributed by atoms with E-state index in [4.69, 9.17) is 11.6 Å². The molecule has 0 fully saturated rings. The predicted octanol–water partition coefficient (Wildman–Crippen LogP) is 3.89. The SMILES string of the molecule is COC(=O)c1cccc(N/C=C(/C#N)C(=O)Nc2ccc(C)c(Cl)c2)c1. The molecular formula is C19H16ClN3O3. The molecule has 0 spiro atoms. The van der Waals surface area contributed by atoms with Crippen LogP contribution < -0.4 is 10.6 Å². The molecule has 0 aliphatic rings. The Balaban J connectivity index is 2.12. The number of nitrogens with one attached hydrogen (secondary N) is 2. The second kappa shape index (κ2) is 8.70. The van der Waals surface area contributed by atoms with Gasteiger partial charge in [-0.25, -0.2) is 4.79 Å². The van der Waals surface area contributed by atoms with Gasteiger partial charge in [-0.1, -0.05) is 23.7 Å². The molecule has 0 saturated carbocycles. The first kappa shape index (κ1) is 19.0. The van der Waals surface area contributed by atoms with Crippen LogP contribution in [0.2, 0.25) is 5.02 Å². The molecule has 132 valence electrons. The van der Waals surface area contributed by atoms with Crippen LogP contribution in [-0.4, -0.2) is 19.0 Å². The van der Waals surface area contributed by atoms with E-state index in [0.717, 1.165) is 5.56 Å². The van der Waals surface area contributed by atoms with Crippen molar-refractivity contribution in [2.45, 2.75) is 6.92 Å². The lowest BCUT2D eigenvalue weighted by Gasteiger charge is -2.07. The Morgan fingerprint density at radius 2 is 1.96 bits per heavy atom. The van der Waals surface area contributed by atoms with Gasteiger partial charge in [0.25, 0.3) is 5.91 Å². The van der Waals surface area contributed by atoms with Gasteiger partial charge >= 0.3 is 5.97 Å². The monoisotopic (exact) mass is 369 g/mol. The minimum Gasteiger partial charge on any atom is -0.465 e. The van der Waals surface area contributed by atoms with Crippen molar-refractivity contribution < 1.29 is 14.3 Å². The van der Waals surface area contributed by atoms with E-state index >= 15 is 0 Å². The summed E-state index contributed by atoms with van der Waals surface area (Å²) < 4.78 is 4.65. The highest BCUT2D eigenvalue weighted by molar-refractivity contribution is 6.31. The van der Waals surface area contributed by atoms with Crippen LogP contribution in [0, 0.1) is 18.3 Å². The highest BCUT2D eigenvalue weighted by atomic mass is 35.5. The third-order valence-electron chi connectivity index (χ3n) is 3.46. The normalized spacial score (nSPS) is 10.6. The third-order valence-corrected chi connectivity index (χ3v) is 3.87. The number of methoxy groups -OCH3 is 1. The van der Waals surface area contributed by atoms with Crippen molar-refractivity contribution >= 4 is 34.9 Å². The Hall–Kier alpha value is -3.30. The Bertz CT molecular complexity index is 916. The van der Waals surface area contributed by atoms with Crippen LogP contribution in [0.15, 0.2) is 54.2 Å². The summed E-state index contributed by atoms with van der Waals surface area (Å²) in [6, 6.07) is 13.4. The molecule has 0 atom stereocenters. The maximum Gasteiger partial charge on any atom is 0.337 e. The Labute approximate surface area is 156 Å². The molecule has 6 nitrogen and oxygen atoms in total. The van der Waals surface area contributed by atoms with Gasteiger partial charge in [0.15, 0.2) is 0 Å². The average molecular weight is 370 g/mol. The zero-order chi connectivity index (χ0) is 19.1. The van der Waals surface area contributed by atoms with Crippen LogP contribution in [0.3, 0.4) is 0 Å². The number of hydrogen-bond donors (Lipinski definition) is 2. The van der Waals surface area contributed by atoms with Crippen molar-refractivity contribution in [2.24, 2.45) is 0 Å².